The molecule has 0 saturated carbocycles. The summed E-state index contributed by atoms with van der Waals surface area (Å²) in [6, 6.07) is 11.3. The van der Waals surface area contributed by atoms with Crippen molar-refractivity contribution >= 4 is 29.2 Å². The van der Waals surface area contributed by atoms with E-state index in [4.69, 9.17) is 16.7 Å². The molecule has 1 aromatic carbocycles. The molecular weight excluding hydrogens is 462 g/mol. The lowest BCUT2D eigenvalue weighted by atomic mass is 9.96. The molecule has 35 heavy (non-hydrogen) atoms. The van der Waals surface area contributed by atoms with Crippen LogP contribution in [-0.4, -0.2) is 44.6 Å². The number of nitrogens with one attached hydrogen (secondary N) is 1. The highest BCUT2D eigenvalue weighted by atomic mass is 35.5. The maximum absolute atomic E-state index is 13.7. The van der Waals surface area contributed by atoms with Gasteiger partial charge in [-0.2, -0.15) is 5.10 Å². The molecule has 8 heteroatoms. The molecule has 0 radical (unpaired) electrons. The fourth-order valence-corrected chi connectivity index (χ4v) is 5.23. The number of fused-ring (bicyclic) bond motifs is 1. The summed E-state index contributed by atoms with van der Waals surface area (Å²) in [4.78, 5) is 32.8. The van der Waals surface area contributed by atoms with Crippen molar-refractivity contribution in [3.63, 3.8) is 0 Å². The number of nitrogens with zero attached hydrogens (tertiary/aromatic N) is 4. The van der Waals surface area contributed by atoms with Crippen LogP contribution in [0.15, 0.2) is 42.6 Å². The number of pyridine rings is 1. The van der Waals surface area contributed by atoms with Gasteiger partial charge in [-0.3, -0.25) is 9.59 Å². The molecule has 0 bridgehead atoms. The van der Waals surface area contributed by atoms with E-state index in [0.29, 0.717) is 29.6 Å². The second-order valence-electron chi connectivity index (χ2n) is 9.47. The molecule has 1 aliphatic carbocycles. The zero-order chi connectivity index (χ0) is 24.4. The molecule has 2 amide bonds. The van der Waals surface area contributed by atoms with Gasteiger partial charge >= 0.3 is 0 Å². The number of hydrogen-bond acceptors (Lipinski definition) is 4. The number of aromatic nitrogens is 3. The Bertz CT molecular complexity index is 1240. The SMILES string of the molecule is Cc1cccnc1NC(=O)C1CCCN(C(=O)c2nn(-c3ccc(Cl)cc3)c3c2CCCCC3)C1. The Morgan fingerprint density at radius 2 is 1.86 bits per heavy atom. The van der Waals surface area contributed by atoms with Gasteiger partial charge in [-0.25, -0.2) is 9.67 Å². The van der Waals surface area contributed by atoms with Crippen molar-refractivity contribution in [2.45, 2.75) is 51.9 Å². The molecule has 182 valence electrons. The summed E-state index contributed by atoms with van der Waals surface area (Å²) in [6.07, 6.45) is 8.22. The maximum Gasteiger partial charge on any atom is 0.274 e. The fourth-order valence-electron chi connectivity index (χ4n) is 5.10. The van der Waals surface area contributed by atoms with E-state index >= 15 is 0 Å². The Balaban J connectivity index is 1.39. The minimum Gasteiger partial charge on any atom is -0.336 e. The molecule has 3 heterocycles. The molecule has 1 aliphatic heterocycles. The smallest absolute Gasteiger partial charge is 0.274 e. The minimum atomic E-state index is -0.272. The molecule has 0 spiro atoms. The van der Waals surface area contributed by atoms with Crippen LogP contribution in [0.2, 0.25) is 5.02 Å². The van der Waals surface area contributed by atoms with Gasteiger partial charge in [-0.1, -0.05) is 24.1 Å². The Morgan fingerprint density at radius 1 is 1.06 bits per heavy atom. The third-order valence-electron chi connectivity index (χ3n) is 7.03. The summed E-state index contributed by atoms with van der Waals surface area (Å²) in [5.41, 5.74) is 4.52. The van der Waals surface area contributed by atoms with E-state index in [2.05, 4.69) is 10.3 Å². The molecule has 1 fully saturated rings. The van der Waals surface area contributed by atoms with E-state index in [9.17, 15) is 9.59 Å². The number of rotatable bonds is 4. The van der Waals surface area contributed by atoms with Gasteiger partial charge in [-0.15, -0.1) is 0 Å². The molecule has 5 rings (SSSR count). The number of piperidine rings is 1. The van der Waals surface area contributed by atoms with Gasteiger partial charge in [0.25, 0.3) is 5.91 Å². The van der Waals surface area contributed by atoms with Gasteiger partial charge < -0.3 is 10.2 Å². The molecular formula is C27H30ClN5O2. The lowest BCUT2D eigenvalue weighted by molar-refractivity contribution is -0.121. The van der Waals surface area contributed by atoms with Crippen LogP contribution in [0.5, 0.6) is 0 Å². The molecule has 1 N–H and O–H groups in total. The number of anilines is 1. The highest BCUT2D eigenvalue weighted by Crippen LogP contribution is 2.29. The Labute approximate surface area is 210 Å². The first kappa shape index (κ1) is 23.5. The zero-order valence-electron chi connectivity index (χ0n) is 20.0. The van der Waals surface area contributed by atoms with Crippen LogP contribution in [0.3, 0.4) is 0 Å². The van der Waals surface area contributed by atoms with Crippen molar-refractivity contribution in [2.75, 3.05) is 18.4 Å². The highest BCUT2D eigenvalue weighted by molar-refractivity contribution is 6.30. The van der Waals surface area contributed by atoms with Crippen molar-refractivity contribution in [2.24, 2.45) is 5.92 Å². The molecule has 3 aromatic rings. The molecule has 1 saturated heterocycles. The minimum absolute atomic E-state index is 0.0811. The van der Waals surface area contributed by atoms with Crippen LogP contribution in [0.25, 0.3) is 5.69 Å². The first-order valence-electron chi connectivity index (χ1n) is 12.4. The molecule has 2 aliphatic rings. The van der Waals surface area contributed by atoms with Gasteiger partial charge in [0.2, 0.25) is 5.91 Å². The fraction of sp³-hybridized carbons (Fsp3) is 0.407. The van der Waals surface area contributed by atoms with Crippen molar-refractivity contribution in [3.8, 4) is 5.69 Å². The summed E-state index contributed by atoms with van der Waals surface area (Å²) in [5.74, 6) is 0.135. The quantitative estimate of drug-likeness (QED) is 0.521. The standard InChI is InChI=1S/C27H30ClN5O2/c1-18-7-5-15-29-25(18)30-26(34)19-8-6-16-32(17-19)27(35)24-22-9-3-2-4-10-23(22)33(31-24)21-13-11-20(28)12-14-21/h5,7,11-15,19H,2-4,6,8-10,16-17H2,1H3,(H,29,30,34). The first-order chi connectivity index (χ1) is 17.0. The maximum atomic E-state index is 13.7. The number of carbonyl (C=O) groups excluding carboxylic acids is 2. The summed E-state index contributed by atoms with van der Waals surface area (Å²) in [7, 11) is 0. The lowest BCUT2D eigenvalue weighted by Crippen LogP contribution is -2.44. The number of benzene rings is 1. The Hall–Kier alpha value is -3.19. The van der Waals surface area contributed by atoms with Gasteiger partial charge in [0.15, 0.2) is 5.69 Å². The van der Waals surface area contributed by atoms with Crippen LogP contribution < -0.4 is 5.32 Å². The van der Waals surface area contributed by atoms with E-state index in [1.165, 1.54) is 0 Å². The number of hydrogen-bond donors (Lipinski definition) is 1. The van der Waals surface area contributed by atoms with Gasteiger partial charge in [-0.05, 0) is 81.3 Å². The predicted molar refractivity (Wildman–Crippen MR) is 136 cm³/mol. The third-order valence-corrected chi connectivity index (χ3v) is 7.29. The highest BCUT2D eigenvalue weighted by Gasteiger charge is 2.33. The van der Waals surface area contributed by atoms with Crippen LogP contribution in [-0.2, 0) is 17.6 Å². The van der Waals surface area contributed by atoms with E-state index in [0.717, 1.165) is 67.5 Å². The van der Waals surface area contributed by atoms with E-state index < -0.39 is 0 Å². The van der Waals surface area contributed by atoms with Crippen LogP contribution >= 0.6 is 11.6 Å². The monoisotopic (exact) mass is 491 g/mol. The summed E-state index contributed by atoms with van der Waals surface area (Å²) in [5, 5.41) is 8.45. The molecule has 1 unspecified atom stereocenters. The van der Waals surface area contributed by atoms with Crippen LogP contribution in [0.4, 0.5) is 5.82 Å². The van der Waals surface area contributed by atoms with Crippen LogP contribution in [0.1, 0.15) is 59.4 Å². The van der Waals surface area contributed by atoms with E-state index in [-0.39, 0.29) is 17.7 Å². The summed E-state index contributed by atoms with van der Waals surface area (Å²) in [6.45, 7) is 2.94. The normalized spacial score (nSPS) is 18.0. The average molecular weight is 492 g/mol. The Kier molecular flexibility index (Phi) is 6.86. The predicted octanol–water partition coefficient (Wildman–Crippen LogP) is 4.99. The summed E-state index contributed by atoms with van der Waals surface area (Å²) < 4.78 is 1.92. The van der Waals surface area contributed by atoms with Crippen molar-refractivity contribution < 1.29 is 9.59 Å². The van der Waals surface area contributed by atoms with Crippen molar-refractivity contribution in [1.82, 2.24) is 19.7 Å². The second-order valence-corrected chi connectivity index (χ2v) is 9.91. The molecule has 1 atom stereocenters. The van der Waals surface area contributed by atoms with Gasteiger partial charge in [0.1, 0.15) is 5.82 Å². The average Bonchev–Trinajstić information content (AvgIpc) is 3.06. The number of amides is 2. The number of likely N-dealkylation sites (tertiary alicyclic amines) is 1. The van der Waals surface area contributed by atoms with Crippen molar-refractivity contribution in [1.29, 1.82) is 0 Å². The van der Waals surface area contributed by atoms with E-state index in [1.54, 1.807) is 11.1 Å². The lowest BCUT2D eigenvalue weighted by Gasteiger charge is -2.31. The van der Waals surface area contributed by atoms with Crippen molar-refractivity contribution in [3.05, 3.63) is 70.1 Å². The third kappa shape index (κ3) is 4.96. The molecule has 7 nitrogen and oxygen atoms in total. The molecule has 2 aromatic heterocycles. The van der Waals surface area contributed by atoms with Gasteiger partial charge in [0.05, 0.1) is 11.6 Å². The van der Waals surface area contributed by atoms with Crippen LogP contribution in [0, 0.1) is 12.8 Å². The summed E-state index contributed by atoms with van der Waals surface area (Å²) >= 11 is 6.10. The first-order valence-corrected chi connectivity index (χ1v) is 12.8. The van der Waals surface area contributed by atoms with Gasteiger partial charge in [0, 0.05) is 35.6 Å². The number of halogens is 1. The van der Waals surface area contributed by atoms with E-state index in [1.807, 2.05) is 48.0 Å². The zero-order valence-corrected chi connectivity index (χ0v) is 20.7. The number of aryl methyl sites for hydroxylation is 1. The number of carbonyl (C=O) groups is 2. The second kappa shape index (κ2) is 10.2. The largest absolute Gasteiger partial charge is 0.336 e. The Morgan fingerprint density at radius 3 is 2.66 bits per heavy atom. The topological polar surface area (TPSA) is 80.1 Å².